The lowest BCUT2D eigenvalue weighted by Crippen LogP contribution is -2.24. The van der Waals surface area contributed by atoms with Crippen LogP contribution in [-0.2, 0) is 9.47 Å². The van der Waals surface area contributed by atoms with E-state index in [1.807, 2.05) is 0 Å². The van der Waals surface area contributed by atoms with E-state index < -0.39 is 6.16 Å². The summed E-state index contributed by atoms with van der Waals surface area (Å²) in [4.78, 5) is 12.6. The Hall–Kier alpha value is -0.730. The minimum absolute atomic E-state index is 0.0343. The first-order valence-corrected chi connectivity index (χ1v) is 13.5. The van der Waals surface area contributed by atoms with Crippen molar-refractivity contribution in [2.24, 2.45) is 0 Å². The van der Waals surface area contributed by atoms with Gasteiger partial charge < -0.3 is 9.47 Å². The van der Waals surface area contributed by atoms with E-state index in [0.29, 0.717) is 0 Å². The van der Waals surface area contributed by atoms with Gasteiger partial charge in [-0.15, -0.1) is 0 Å². The van der Waals surface area contributed by atoms with Crippen LogP contribution in [0.5, 0.6) is 0 Å². The van der Waals surface area contributed by atoms with Gasteiger partial charge in [-0.25, -0.2) is 4.79 Å². The standard InChI is InChI=1S/C27H54O3/c1-5-9-13-17-21-25(22-18-14-10-6-2)29-27(28)30-26(23-19-15-11-7-3)24-20-16-12-8-4/h25-26H,5-24H2,1-4H3. The van der Waals surface area contributed by atoms with Crippen molar-refractivity contribution >= 4 is 6.16 Å². The molecule has 0 aliphatic carbocycles. The fourth-order valence-electron chi connectivity index (χ4n) is 4.02. The van der Waals surface area contributed by atoms with E-state index >= 15 is 0 Å². The molecule has 3 nitrogen and oxygen atoms in total. The fourth-order valence-corrected chi connectivity index (χ4v) is 4.02. The number of rotatable bonds is 22. The van der Waals surface area contributed by atoms with E-state index in [4.69, 9.17) is 9.47 Å². The number of ether oxygens (including phenoxy) is 2. The highest BCUT2D eigenvalue weighted by molar-refractivity contribution is 5.60. The van der Waals surface area contributed by atoms with Crippen LogP contribution in [0, 0.1) is 0 Å². The molecule has 0 unspecified atom stereocenters. The van der Waals surface area contributed by atoms with Crippen LogP contribution in [0.15, 0.2) is 0 Å². The average Bonchev–Trinajstić information content (AvgIpc) is 2.74. The van der Waals surface area contributed by atoms with Gasteiger partial charge in [0.15, 0.2) is 0 Å². The van der Waals surface area contributed by atoms with Crippen LogP contribution < -0.4 is 0 Å². The molecule has 0 atom stereocenters. The third kappa shape index (κ3) is 19.2. The van der Waals surface area contributed by atoms with E-state index in [0.717, 1.165) is 51.4 Å². The molecule has 0 aromatic rings. The van der Waals surface area contributed by atoms with Gasteiger partial charge in [-0.1, -0.05) is 105 Å². The summed E-state index contributed by atoms with van der Waals surface area (Å²) in [5.41, 5.74) is 0. The van der Waals surface area contributed by atoms with Crippen LogP contribution >= 0.6 is 0 Å². The molecule has 0 spiro atoms. The largest absolute Gasteiger partial charge is 0.508 e. The Kier molecular flexibility index (Phi) is 22.4. The van der Waals surface area contributed by atoms with Gasteiger partial charge in [-0.3, -0.25) is 0 Å². The van der Waals surface area contributed by atoms with Crippen molar-refractivity contribution in [1.82, 2.24) is 0 Å². The van der Waals surface area contributed by atoms with E-state index in [2.05, 4.69) is 27.7 Å². The minimum atomic E-state index is -0.415. The SMILES string of the molecule is CCCCCCC(CCCCCC)OC(=O)OC(CCCCCC)CCCCCC. The van der Waals surface area contributed by atoms with Gasteiger partial charge in [0.1, 0.15) is 12.2 Å². The Morgan fingerprint density at radius 2 is 0.733 bits per heavy atom. The van der Waals surface area contributed by atoms with E-state index in [9.17, 15) is 4.79 Å². The molecular weight excluding hydrogens is 372 g/mol. The zero-order valence-electron chi connectivity index (χ0n) is 21.0. The first kappa shape index (κ1) is 29.3. The third-order valence-corrected chi connectivity index (χ3v) is 6.04. The topological polar surface area (TPSA) is 35.5 Å². The Morgan fingerprint density at radius 3 is 0.967 bits per heavy atom. The maximum Gasteiger partial charge on any atom is 0.508 e. The number of carbonyl (C=O) groups is 1. The molecule has 0 saturated heterocycles. The Bertz CT molecular complexity index is 300. The second kappa shape index (κ2) is 22.9. The van der Waals surface area contributed by atoms with Crippen LogP contribution in [0.1, 0.15) is 156 Å². The van der Waals surface area contributed by atoms with Gasteiger partial charge in [-0.2, -0.15) is 0 Å². The summed E-state index contributed by atoms with van der Waals surface area (Å²) in [6.45, 7) is 8.93. The molecular formula is C27H54O3. The zero-order valence-corrected chi connectivity index (χ0v) is 21.0. The van der Waals surface area contributed by atoms with Crippen LogP contribution in [-0.4, -0.2) is 18.4 Å². The molecule has 0 bridgehead atoms. The molecule has 0 heterocycles. The molecule has 0 aromatic heterocycles. The van der Waals surface area contributed by atoms with Crippen LogP contribution in [0.25, 0.3) is 0 Å². The highest BCUT2D eigenvalue weighted by atomic mass is 16.7. The summed E-state index contributed by atoms with van der Waals surface area (Å²) < 4.78 is 11.7. The maximum absolute atomic E-state index is 12.6. The van der Waals surface area contributed by atoms with Crippen LogP contribution in [0.2, 0.25) is 0 Å². The lowest BCUT2D eigenvalue weighted by atomic mass is 10.0. The minimum Gasteiger partial charge on any atom is -0.431 e. The molecule has 0 rings (SSSR count). The second-order valence-corrected chi connectivity index (χ2v) is 9.13. The molecule has 0 aliphatic heterocycles. The summed E-state index contributed by atoms with van der Waals surface area (Å²) in [6.07, 6.45) is 23.2. The van der Waals surface area contributed by atoms with Crippen molar-refractivity contribution in [3.05, 3.63) is 0 Å². The van der Waals surface area contributed by atoms with Crippen molar-refractivity contribution in [3.63, 3.8) is 0 Å². The summed E-state index contributed by atoms with van der Waals surface area (Å²) in [7, 11) is 0. The highest BCUT2D eigenvalue weighted by Gasteiger charge is 2.19. The lowest BCUT2D eigenvalue weighted by molar-refractivity contribution is -0.0121. The van der Waals surface area contributed by atoms with Crippen molar-refractivity contribution < 1.29 is 14.3 Å². The molecule has 30 heavy (non-hydrogen) atoms. The van der Waals surface area contributed by atoms with Gasteiger partial charge in [0.2, 0.25) is 0 Å². The lowest BCUT2D eigenvalue weighted by Gasteiger charge is -2.22. The quantitative estimate of drug-likeness (QED) is 0.128. The normalized spacial score (nSPS) is 11.4. The molecule has 0 aromatic carbocycles. The van der Waals surface area contributed by atoms with Crippen molar-refractivity contribution in [3.8, 4) is 0 Å². The average molecular weight is 427 g/mol. The van der Waals surface area contributed by atoms with Crippen LogP contribution in [0.3, 0.4) is 0 Å². The van der Waals surface area contributed by atoms with Gasteiger partial charge >= 0.3 is 6.16 Å². The predicted molar refractivity (Wildman–Crippen MR) is 130 cm³/mol. The fraction of sp³-hybridized carbons (Fsp3) is 0.963. The Balaban J connectivity index is 4.50. The summed E-state index contributed by atoms with van der Waals surface area (Å²) in [5.74, 6) is 0. The first-order valence-electron chi connectivity index (χ1n) is 13.5. The molecule has 0 amide bonds. The molecule has 0 aliphatic rings. The van der Waals surface area contributed by atoms with Gasteiger partial charge in [-0.05, 0) is 51.4 Å². The predicted octanol–water partition coefficient (Wildman–Crippen LogP) is 9.76. The van der Waals surface area contributed by atoms with E-state index in [-0.39, 0.29) is 12.2 Å². The number of carbonyl (C=O) groups excluding carboxylic acids is 1. The number of hydrogen-bond donors (Lipinski definition) is 0. The monoisotopic (exact) mass is 426 g/mol. The van der Waals surface area contributed by atoms with Gasteiger partial charge in [0, 0.05) is 0 Å². The molecule has 0 fully saturated rings. The Labute approximate surface area is 189 Å². The molecule has 0 radical (unpaired) electrons. The highest BCUT2D eigenvalue weighted by Crippen LogP contribution is 2.19. The first-order chi connectivity index (χ1) is 14.7. The second-order valence-electron chi connectivity index (χ2n) is 9.13. The van der Waals surface area contributed by atoms with Crippen molar-refractivity contribution in [2.45, 2.75) is 168 Å². The smallest absolute Gasteiger partial charge is 0.431 e. The number of hydrogen-bond acceptors (Lipinski definition) is 3. The maximum atomic E-state index is 12.6. The van der Waals surface area contributed by atoms with Crippen molar-refractivity contribution in [1.29, 1.82) is 0 Å². The summed E-state index contributed by atoms with van der Waals surface area (Å²) >= 11 is 0. The zero-order chi connectivity index (χ0) is 22.3. The van der Waals surface area contributed by atoms with E-state index in [1.165, 1.54) is 77.0 Å². The molecule has 0 N–H and O–H groups in total. The van der Waals surface area contributed by atoms with Crippen molar-refractivity contribution in [2.75, 3.05) is 0 Å². The summed E-state index contributed by atoms with van der Waals surface area (Å²) in [5, 5.41) is 0. The molecule has 180 valence electrons. The molecule has 0 saturated carbocycles. The van der Waals surface area contributed by atoms with Gasteiger partial charge in [0.25, 0.3) is 0 Å². The van der Waals surface area contributed by atoms with Crippen LogP contribution in [0.4, 0.5) is 4.79 Å². The summed E-state index contributed by atoms with van der Waals surface area (Å²) in [6, 6.07) is 0. The number of unbranched alkanes of at least 4 members (excludes halogenated alkanes) is 12. The van der Waals surface area contributed by atoms with E-state index in [1.54, 1.807) is 0 Å². The third-order valence-electron chi connectivity index (χ3n) is 6.04. The van der Waals surface area contributed by atoms with Gasteiger partial charge in [0.05, 0.1) is 0 Å². The molecule has 3 heteroatoms. The Morgan fingerprint density at radius 1 is 0.467 bits per heavy atom.